The maximum absolute atomic E-state index is 5.44. The van der Waals surface area contributed by atoms with Gasteiger partial charge in [-0.2, -0.15) is 0 Å². The molecule has 0 aromatic carbocycles. The van der Waals surface area contributed by atoms with Crippen molar-refractivity contribution in [2.45, 2.75) is 50.6 Å². The topological polar surface area (TPSA) is 44.0 Å². The molecule has 3 heterocycles. The van der Waals surface area contributed by atoms with E-state index in [0.717, 1.165) is 50.9 Å². The number of nitrogens with one attached hydrogen (secondary N) is 1. The van der Waals surface area contributed by atoms with Crippen LogP contribution in [0.25, 0.3) is 0 Å². The summed E-state index contributed by atoms with van der Waals surface area (Å²) in [5.74, 6) is 2.14. The molecular formula is C20H31IN4O. The summed E-state index contributed by atoms with van der Waals surface area (Å²) in [7, 11) is 0. The lowest BCUT2D eigenvalue weighted by atomic mass is 10.2. The van der Waals surface area contributed by atoms with Crippen molar-refractivity contribution in [2.24, 2.45) is 4.99 Å². The van der Waals surface area contributed by atoms with E-state index in [9.17, 15) is 0 Å². The van der Waals surface area contributed by atoms with Gasteiger partial charge in [0.2, 0.25) is 0 Å². The fraction of sp³-hybridized carbons (Fsp3) is 0.650. The Morgan fingerprint density at radius 1 is 1.19 bits per heavy atom. The van der Waals surface area contributed by atoms with E-state index in [1.807, 2.05) is 12.1 Å². The Morgan fingerprint density at radius 2 is 2.00 bits per heavy atom. The third kappa shape index (κ3) is 5.03. The van der Waals surface area contributed by atoms with Crippen LogP contribution in [0.3, 0.4) is 0 Å². The molecule has 144 valence electrons. The number of nitrogens with zero attached hydrogens (tertiary/aromatic N) is 3. The molecule has 3 aliphatic rings. The summed E-state index contributed by atoms with van der Waals surface area (Å²) in [5, 5.41) is 3.76. The molecule has 1 saturated carbocycles. The number of rotatable bonds is 5. The average molecular weight is 470 g/mol. The largest absolute Gasteiger partial charge is 0.469 e. The van der Waals surface area contributed by atoms with E-state index >= 15 is 0 Å². The lowest BCUT2D eigenvalue weighted by Crippen LogP contribution is -2.46. The molecule has 0 bridgehead atoms. The van der Waals surface area contributed by atoms with Crippen molar-refractivity contribution in [1.82, 2.24) is 15.1 Å². The zero-order valence-electron chi connectivity index (χ0n) is 15.5. The van der Waals surface area contributed by atoms with Gasteiger partial charge in [0, 0.05) is 51.2 Å². The van der Waals surface area contributed by atoms with Crippen LogP contribution in [0.4, 0.5) is 0 Å². The highest BCUT2D eigenvalue weighted by atomic mass is 127. The molecule has 1 unspecified atom stereocenters. The second-order valence-electron chi connectivity index (χ2n) is 7.47. The third-order valence-corrected chi connectivity index (χ3v) is 5.71. The fourth-order valence-electron chi connectivity index (χ4n) is 4.24. The van der Waals surface area contributed by atoms with Crippen LogP contribution < -0.4 is 5.32 Å². The Labute approximate surface area is 173 Å². The Kier molecular flexibility index (Phi) is 7.42. The second kappa shape index (κ2) is 9.78. The van der Waals surface area contributed by atoms with E-state index in [2.05, 4.69) is 27.3 Å². The molecule has 1 atom stereocenters. The Hall–Kier alpha value is -1.02. The fourth-order valence-corrected chi connectivity index (χ4v) is 4.24. The van der Waals surface area contributed by atoms with Crippen molar-refractivity contribution >= 4 is 29.9 Å². The van der Waals surface area contributed by atoms with Crippen LogP contribution in [0.5, 0.6) is 0 Å². The summed E-state index contributed by atoms with van der Waals surface area (Å²) in [6.07, 6.45) is 13.7. The molecule has 0 spiro atoms. The predicted molar refractivity (Wildman–Crippen MR) is 116 cm³/mol. The molecular weight excluding hydrogens is 439 g/mol. The maximum Gasteiger partial charge on any atom is 0.194 e. The van der Waals surface area contributed by atoms with Crippen LogP contribution in [0.1, 0.15) is 37.9 Å². The molecule has 1 N–H and O–H groups in total. The third-order valence-electron chi connectivity index (χ3n) is 5.71. The zero-order valence-corrected chi connectivity index (χ0v) is 17.8. The highest BCUT2D eigenvalue weighted by Crippen LogP contribution is 2.21. The van der Waals surface area contributed by atoms with Crippen LogP contribution >= 0.6 is 24.0 Å². The maximum atomic E-state index is 5.44. The van der Waals surface area contributed by atoms with Gasteiger partial charge in [-0.1, -0.05) is 25.0 Å². The molecule has 1 aromatic heterocycles. The number of likely N-dealkylation sites (tertiary alicyclic amines) is 1. The minimum Gasteiger partial charge on any atom is -0.469 e. The number of hydrogen-bond acceptors (Lipinski definition) is 3. The molecule has 1 aromatic rings. The minimum atomic E-state index is 0. The summed E-state index contributed by atoms with van der Waals surface area (Å²) in [6, 6.07) is 5.25. The first-order valence-corrected chi connectivity index (χ1v) is 9.86. The number of halogens is 1. The van der Waals surface area contributed by atoms with E-state index in [0.29, 0.717) is 12.1 Å². The van der Waals surface area contributed by atoms with Gasteiger partial charge < -0.3 is 14.6 Å². The number of furan rings is 1. The monoisotopic (exact) mass is 470 g/mol. The highest BCUT2D eigenvalue weighted by molar-refractivity contribution is 14.0. The van der Waals surface area contributed by atoms with E-state index < -0.39 is 0 Å². The van der Waals surface area contributed by atoms with Gasteiger partial charge >= 0.3 is 0 Å². The number of hydrogen-bond donors (Lipinski definition) is 1. The number of guanidine groups is 1. The second-order valence-corrected chi connectivity index (χ2v) is 7.47. The lowest BCUT2D eigenvalue weighted by molar-refractivity contribution is 0.259. The van der Waals surface area contributed by atoms with Gasteiger partial charge in [-0.15, -0.1) is 24.0 Å². The first-order chi connectivity index (χ1) is 12.4. The Balaban J connectivity index is 0.00000196. The average Bonchev–Trinajstić information content (AvgIpc) is 3.41. The summed E-state index contributed by atoms with van der Waals surface area (Å²) < 4.78 is 5.44. The standard InChI is InChI=1S/C20H30N4O.HI/c1-2-7-17(6-1)22-20(21-11-9-19-8-5-15-25-19)24-14-10-18(16-24)23-12-3-4-13-23;/h3-5,8,15,17-18H,1-2,6-7,9-14,16H2,(H,21,22);1H. The van der Waals surface area contributed by atoms with Crippen LogP contribution in [0.2, 0.25) is 0 Å². The van der Waals surface area contributed by atoms with Crippen molar-refractivity contribution in [3.05, 3.63) is 36.3 Å². The van der Waals surface area contributed by atoms with Gasteiger partial charge in [0.25, 0.3) is 0 Å². The first kappa shape index (κ1) is 19.7. The van der Waals surface area contributed by atoms with E-state index in [1.54, 1.807) is 6.26 Å². The van der Waals surface area contributed by atoms with E-state index in [4.69, 9.17) is 9.41 Å². The Morgan fingerprint density at radius 3 is 2.73 bits per heavy atom. The number of aliphatic imine (C=N–C) groups is 1. The van der Waals surface area contributed by atoms with Gasteiger partial charge in [-0.3, -0.25) is 9.89 Å². The van der Waals surface area contributed by atoms with Gasteiger partial charge in [-0.05, 0) is 31.4 Å². The van der Waals surface area contributed by atoms with Gasteiger partial charge in [-0.25, -0.2) is 0 Å². The molecule has 4 rings (SSSR count). The minimum absolute atomic E-state index is 0. The predicted octanol–water partition coefficient (Wildman–Crippen LogP) is 3.27. The van der Waals surface area contributed by atoms with Crippen molar-refractivity contribution in [1.29, 1.82) is 0 Å². The van der Waals surface area contributed by atoms with Crippen LogP contribution in [-0.2, 0) is 6.42 Å². The van der Waals surface area contributed by atoms with E-state index in [-0.39, 0.29) is 24.0 Å². The Bertz CT molecular complexity index is 587. The normalized spacial score (nSPS) is 24.4. The van der Waals surface area contributed by atoms with E-state index in [1.165, 1.54) is 32.1 Å². The van der Waals surface area contributed by atoms with Gasteiger partial charge in [0.1, 0.15) is 5.76 Å². The highest BCUT2D eigenvalue weighted by Gasteiger charge is 2.30. The smallest absolute Gasteiger partial charge is 0.194 e. The van der Waals surface area contributed by atoms with Gasteiger partial charge in [0.15, 0.2) is 5.96 Å². The molecule has 2 aliphatic heterocycles. The molecule has 1 saturated heterocycles. The molecule has 5 nitrogen and oxygen atoms in total. The van der Waals surface area contributed by atoms with Crippen molar-refractivity contribution in [2.75, 3.05) is 32.7 Å². The van der Waals surface area contributed by atoms with Crippen molar-refractivity contribution in [3.63, 3.8) is 0 Å². The molecule has 2 fully saturated rings. The van der Waals surface area contributed by atoms with Crippen LogP contribution in [-0.4, -0.2) is 60.6 Å². The first-order valence-electron chi connectivity index (χ1n) is 9.86. The van der Waals surface area contributed by atoms with Crippen molar-refractivity contribution in [3.8, 4) is 0 Å². The molecule has 26 heavy (non-hydrogen) atoms. The molecule has 6 heteroatoms. The summed E-state index contributed by atoms with van der Waals surface area (Å²) in [5.41, 5.74) is 0. The summed E-state index contributed by atoms with van der Waals surface area (Å²) in [4.78, 5) is 10.00. The zero-order chi connectivity index (χ0) is 16.9. The molecule has 0 radical (unpaired) electrons. The van der Waals surface area contributed by atoms with Crippen LogP contribution in [0.15, 0.2) is 40.0 Å². The lowest BCUT2D eigenvalue weighted by Gasteiger charge is -2.27. The quantitative estimate of drug-likeness (QED) is 0.311. The van der Waals surface area contributed by atoms with Crippen LogP contribution in [0, 0.1) is 0 Å². The molecule has 0 amide bonds. The van der Waals surface area contributed by atoms with Gasteiger partial charge in [0.05, 0.1) is 6.26 Å². The van der Waals surface area contributed by atoms with Crippen molar-refractivity contribution < 1.29 is 4.42 Å². The summed E-state index contributed by atoms with van der Waals surface area (Å²) in [6.45, 7) is 5.22. The SMILES string of the molecule is C1=CCN(C2CCN(C(=NCCc3ccco3)NC3CCCC3)C2)C1.I. The molecule has 1 aliphatic carbocycles. The summed E-state index contributed by atoms with van der Waals surface area (Å²) >= 11 is 0.